The molecule has 2 rings (SSSR count). The summed E-state index contributed by atoms with van der Waals surface area (Å²) in [6, 6.07) is 0. The number of nitrogens with two attached hydrogens (primary N) is 1. The summed E-state index contributed by atoms with van der Waals surface area (Å²) in [6.07, 6.45) is 8.83. The zero-order valence-corrected chi connectivity index (χ0v) is 14.6. The quantitative estimate of drug-likeness (QED) is 0.445. The fourth-order valence-corrected chi connectivity index (χ4v) is 3.66. The standard InChI is InChI=1S/C17H35N5/c1-3-4-10-19-16(18)20-15-17(8-13-21(2)14-9-17)22-11-6-5-7-12-22/h3-15H2,1-2H3,(H3,18,19,20). The highest BCUT2D eigenvalue weighted by Gasteiger charge is 2.39. The monoisotopic (exact) mass is 309 g/mol. The molecule has 0 aliphatic carbocycles. The largest absolute Gasteiger partial charge is 0.370 e. The Kier molecular flexibility index (Phi) is 6.96. The molecule has 0 saturated carbocycles. The molecule has 128 valence electrons. The van der Waals surface area contributed by atoms with Crippen LogP contribution in [0.25, 0.3) is 0 Å². The van der Waals surface area contributed by atoms with Crippen LogP contribution < -0.4 is 11.1 Å². The summed E-state index contributed by atoms with van der Waals surface area (Å²) in [5, 5.41) is 3.25. The van der Waals surface area contributed by atoms with Gasteiger partial charge in [0.1, 0.15) is 0 Å². The third-order valence-corrected chi connectivity index (χ3v) is 5.32. The summed E-state index contributed by atoms with van der Waals surface area (Å²) >= 11 is 0. The Morgan fingerprint density at radius 1 is 1.14 bits per heavy atom. The maximum Gasteiger partial charge on any atom is 0.188 e. The van der Waals surface area contributed by atoms with E-state index in [-0.39, 0.29) is 5.54 Å². The lowest BCUT2D eigenvalue weighted by molar-refractivity contribution is 0.0208. The molecule has 22 heavy (non-hydrogen) atoms. The van der Waals surface area contributed by atoms with Gasteiger partial charge in [-0.15, -0.1) is 0 Å². The average Bonchev–Trinajstić information content (AvgIpc) is 2.56. The van der Waals surface area contributed by atoms with E-state index in [0.29, 0.717) is 5.96 Å². The van der Waals surface area contributed by atoms with Crippen LogP contribution in [0.5, 0.6) is 0 Å². The van der Waals surface area contributed by atoms with Gasteiger partial charge in [0.25, 0.3) is 0 Å². The fraction of sp³-hybridized carbons (Fsp3) is 0.941. The Hall–Kier alpha value is -0.810. The summed E-state index contributed by atoms with van der Waals surface area (Å²) in [5.74, 6) is 0.628. The molecule has 0 amide bonds. The third-order valence-electron chi connectivity index (χ3n) is 5.32. The Labute approximate surface area is 136 Å². The number of unbranched alkanes of at least 4 members (excludes halogenated alkanes) is 1. The molecule has 2 aliphatic rings. The van der Waals surface area contributed by atoms with E-state index in [1.54, 1.807) is 0 Å². The first-order chi connectivity index (χ1) is 10.7. The lowest BCUT2D eigenvalue weighted by atomic mass is 9.84. The molecule has 2 aliphatic heterocycles. The molecule has 5 heteroatoms. The van der Waals surface area contributed by atoms with Gasteiger partial charge in [0.15, 0.2) is 5.96 Å². The van der Waals surface area contributed by atoms with Gasteiger partial charge in [0.05, 0.1) is 6.54 Å². The van der Waals surface area contributed by atoms with E-state index in [9.17, 15) is 0 Å². The molecule has 0 unspecified atom stereocenters. The highest BCUT2D eigenvalue weighted by atomic mass is 15.3. The van der Waals surface area contributed by atoms with Gasteiger partial charge < -0.3 is 16.0 Å². The predicted molar refractivity (Wildman–Crippen MR) is 94.3 cm³/mol. The molecular weight excluding hydrogens is 274 g/mol. The van der Waals surface area contributed by atoms with Crippen LogP contribution in [0, 0.1) is 0 Å². The number of piperidine rings is 2. The topological polar surface area (TPSA) is 56.9 Å². The first-order valence-electron chi connectivity index (χ1n) is 9.14. The zero-order chi connectivity index (χ0) is 15.8. The van der Waals surface area contributed by atoms with Crippen molar-refractivity contribution in [1.29, 1.82) is 0 Å². The summed E-state index contributed by atoms with van der Waals surface area (Å²) in [5.41, 5.74) is 6.30. The molecule has 2 fully saturated rings. The number of rotatable bonds is 6. The highest BCUT2D eigenvalue weighted by Crippen LogP contribution is 2.31. The second-order valence-electron chi connectivity index (χ2n) is 7.06. The van der Waals surface area contributed by atoms with Gasteiger partial charge in [-0.25, -0.2) is 0 Å². The number of hydrogen-bond acceptors (Lipinski definition) is 3. The SMILES string of the molecule is CCCCNC(N)=NCC1(N2CCCCC2)CCN(C)CC1. The molecular formula is C17H35N5. The van der Waals surface area contributed by atoms with Crippen molar-refractivity contribution in [3.63, 3.8) is 0 Å². The van der Waals surface area contributed by atoms with Crippen molar-refractivity contribution >= 4 is 5.96 Å². The maximum atomic E-state index is 6.06. The van der Waals surface area contributed by atoms with E-state index in [1.165, 1.54) is 64.7 Å². The maximum absolute atomic E-state index is 6.06. The van der Waals surface area contributed by atoms with Gasteiger partial charge >= 0.3 is 0 Å². The lowest BCUT2D eigenvalue weighted by Crippen LogP contribution is -2.58. The fourth-order valence-electron chi connectivity index (χ4n) is 3.66. The van der Waals surface area contributed by atoms with Crippen LogP contribution >= 0.6 is 0 Å². The molecule has 2 saturated heterocycles. The number of likely N-dealkylation sites (tertiary alicyclic amines) is 2. The van der Waals surface area contributed by atoms with Crippen molar-refractivity contribution in [2.24, 2.45) is 10.7 Å². The second kappa shape index (κ2) is 8.73. The van der Waals surface area contributed by atoms with Crippen molar-refractivity contribution in [2.45, 2.75) is 57.4 Å². The summed E-state index contributed by atoms with van der Waals surface area (Å²) < 4.78 is 0. The number of aliphatic imine (C=N–C) groups is 1. The average molecular weight is 310 g/mol. The van der Waals surface area contributed by atoms with E-state index < -0.39 is 0 Å². The minimum atomic E-state index is 0.240. The van der Waals surface area contributed by atoms with Crippen LogP contribution in [-0.4, -0.2) is 67.6 Å². The minimum absolute atomic E-state index is 0.240. The molecule has 5 nitrogen and oxygen atoms in total. The van der Waals surface area contributed by atoms with Crippen LogP contribution in [0.15, 0.2) is 4.99 Å². The Morgan fingerprint density at radius 2 is 1.82 bits per heavy atom. The third kappa shape index (κ3) is 4.85. The van der Waals surface area contributed by atoms with Crippen LogP contribution in [0.2, 0.25) is 0 Å². The molecule has 0 bridgehead atoms. The minimum Gasteiger partial charge on any atom is -0.370 e. The lowest BCUT2D eigenvalue weighted by Gasteiger charge is -2.49. The molecule has 0 aromatic carbocycles. The number of nitrogens with zero attached hydrogens (tertiary/aromatic N) is 3. The first kappa shape index (κ1) is 17.5. The predicted octanol–water partition coefficient (Wildman–Crippen LogP) is 1.64. The normalized spacial score (nSPS) is 24.4. The van der Waals surface area contributed by atoms with Crippen molar-refractivity contribution in [1.82, 2.24) is 15.1 Å². The summed E-state index contributed by atoms with van der Waals surface area (Å²) in [6.45, 7) is 8.81. The summed E-state index contributed by atoms with van der Waals surface area (Å²) in [7, 11) is 2.23. The second-order valence-corrected chi connectivity index (χ2v) is 7.06. The van der Waals surface area contributed by atoms with Crippen molar-refractivity contribution in [3.05, 3.63) is 0 Å². The van der Waals surface area contributed by atoms with E-state index in [1.807, 2.05) is 0 Å². The van der Waals surface area contributed by atoms with Gasteiger partial charge in [-0.3, -0.25) is 9.89 Å². The highest BCUT2D eigenvalue weighted by molar-refractivity contribution is 5.77. The molecule has 0 spiro atoms. The van der Waals surface area contributed by atoms with Gasteiger partial charge in [-0.1, -0.05) is 19.8 Å². The Bertz CT molecular complexity index is 341. The van der Waals surface area contributed by atoms with Gasteiger partial charge in [-0.2, -0.15) is 0 Å². The zero-order valence-electron chi connectivity index (χ0n) is 14.6. The number of guanidine groups is 1. The number of nitrogens with one attached hydrogen (secondary N) is 1. The number of hydrogen-bond donors (Lipinski definition) is 2. The van der Waals surface area contributed by atoms with Gasteiger partial charge in [-0.05, 0) is 65.3 Å². The van der Waals surface area contributed by atoms with Crippen LogP contribution in [0.3, 0.4) is 0 Å². The Morgan fingerprint density at radius 3 is 2.45 bits per heavy atom. The molecule has 3 N–H and O–H groups in total. The van der Waals surface area contributed by atoms with Crippen molar-refractivity contribution < 1.29 is 0 Å². The molecule has 0 radical (unpaired) electrons. The molecule has 0 aromatic heterocycles. The van der Waals surface area contributed by atoms with Gasteiger partial charge in [0.2, 0.25) is 0 Å². The van der Waals surface area contributed by atoms with E-state index >= 15 is 0 Å². The van der Waals surface area contributed by atoms with Crippen LogP contribution in [0.4, 0.5) is 0 Å². The van der Waals surface area contributed by atoms with Crippen molar-refractivity contribution in [3.8, 4) is 0 Å². The van der Waals surface area contributed by atoms with Gasteiger partial charge in [0, 0.05) is 12.1 Å². The summed E-state index contributed by atoms with van der Waals surface area (Å²) in [4.78, 5) is 9.87. The molecule has 0 atom stereocenters. The molecule has 2 heterocycles. The van der Waals surface area contributed by atoms with E-state index in [4.69, 9.17) is 10.7 Å². The first-order valence-corrected chi connectivity index (χ1v) is 9.14. The van der Waals surface area contributed by atoms with Crippen LogP contribution in [0.1, 0.15) is 51.9 Å². The van der Waals surface area contributed by atoms with E-state index in [0.717, 1.165) is 19.5 Å². The van der Waals surface area contributed by atoms with E-state index in [2.05, 4.69) is 29.1 Å². The van der Waals surface area contributed by atoms with Crippen molar-refractivity contribution in [2.75, 3.05) is 46.3 Å². The smallest absolute Gasteiger partial charge is 0.188 e. The van der Waals surface area contributed by atoms with Crippen LogP contribution in [-0.2, 0) is 0 Å². The Balaban J connectivity index is 1.96. The molecule has 0 aromatic rings.